The second-order valence-electron chi connectivity index (χ2n) is 9.81. The van der Waals surface area contributed by atoms with E-state index in [0.717, 1.165) is 35.3 Å². The number of hydrogen-bond donors (Lipinski definition) is 0. The van der Waals surface area contributed by atoms with E-state index in [-0.39, 0.29) is 18.1 Å². The summed E-state index contributed by atoms with van der Waals surface area (Å²) < 4.78 is 7.27. The smallest absolute Gasteiger partial charge is 0.338 e. The summed E-state index contributed by atoms with van der Waals surface area (Å²) in [5, 5.41) is 0. The number of carbonyl (C=O) groups is 2. The zero-order valence-electron chi connectivity index (χ0n) is 22.9. The molecule has 0 radical (unpaired) electrons. The normalized spacial score (nSPS) is 17.6. The first kappa shape index (κ1) is 26.6. The quantitative estimate of drug-likeness (QED) is 0.426. The SMILES string of the molecule is CCCCN1C(=O)/C(=c2/sc3n(c2=O)[C@H](c2ccc(N(C)C)cc2)C(C(=O)OCC)=C(C)N=3)c2ccccc21. The number of allylic oxidation sites excluding steroid dienone is 1. The second-order valence-corrected chi connectivity index (χ2v) is 10.8. The van der Waals surface area contributed by atoms with Gasteiger partial charge in [0.15, 0.2) is 4.80 Å². The first-order chi connectivity index (χ1) is 18.8. The lowest BCUT2D eigenvalue weighted by molar-refractivity contribution is -0.139. The summed E-state index contributed by atoms with van der Waals surface area (Å²) in [6.45, 7) is 6.38. The van der Waals surface area contributed by atoms with Crippen molar-refractivity contribution >= 4 is 40.2 Å². The lowest BCUT2D eigenvalue weighted by Gasteiger charge is -2.25. The standard InChI is InChI=1S/C30H32N4O4S/c1-6-8-17-33-22-12-10-9-11-21(22)24(27(33)35)26-28(36)34-25(19-13-15-20(16-14-19)32(4)5)23(29(37)38-7-2)18(3)31-30(34)39-26/h9-16,25H,6-8,17H2,1-5H3/b26-24+/t25-/m1/s1. The van der Waals surface area contributed by atoms with Crippen LogP contribution in [0.15, 0.2) is 69.6 Å². The molecule has 0 bridgehead atoms. The van der Waals surface area contributed by atoms with Gasteiger partial charge in [0.25, 0.3) is 11.5 Å². The van der Waals surface area contributed by atoms with E-state index in [4.69, 9.17) is 4.74 Å². The Labute approximate surface area is 231 Å². The summed E-state index contributed by atoms with van der Waals surface area (Å²) in [7, 11) is 3.90. The fraction of sp³-hybridized carbons (Fsp3) is 0.333. The first-order valence-corrected chi connectivity index (χ1v) is 14.0. The number of esters is 1. The van der Waals surface area contributed by atoms with Gasteiger partial charge in [-0.2, -0.15) is 0 Å². The molecular formula is C30H32N4O4S. The van der Waals surface area contributed by atoms with Crippen LogP contribution in [0.1, 0.15) is 50.8 Å². The van der Waals surface area contributed by atoms with Crippen LogP contribution >= 0.6 is 11.3 Å². The molecule has 39 heavy (non-hydrogen) atoms. The molecule has 202 valence electrons. The Kier molecular flexibility index (Phi) is 7.27. The number of fused-ring (bicyclic) bond motifs is 2. The number of nitrogens with zero attached hydrogens (tertiary/aromatic N) is 4. The number of carbonyl (C=O) groups excluding carboxylic acids is 2. The molecule has 3 aromatic rings. The zero-order valence-corrected chi connectivity index (χ0v) is 23.7. The Morgan fingerprint density at radius 2 is 1.79 bits per heavy atom. The Hall–Kier alpha value is -3.98. The predicted octanol–water partition coefficient (Wildman–Crippen LogP) is 3.38. The van der Waals surface area contributed by atoms with Gasteiger partial charge >= 0.3 is 5.97 Å². The Balaban J connectivity index is 1.76. The molecule has 3 heterocycles. The van der Waals surface area contributed by atoms with Crippen molar-refractivity contribution in [3.8, 4) is 0 Å². The zero-order chi connectivity index (χ0) is 27.8. The maximum Gasteiger partial charge on any atom is 0.338 e. The molecule has 1 amide bonds. The van der Waals surface area contributed by atoms with Crippen molar-refractivity contribution in [2.45, 2.75) is 39.7 Å². The molecule has 0 N–H and O–H groups in total. The van der Waals surface area contributed by atoms with Gasteiger partial charge in [-0.1, -0.05) is 55.0 Å². The average molecular weight is 545 g/mol. The van der Waals surface area contributed by atoms with Gasteiger partial charge in [-0.3, -0.25) is 14.2 Å². The summed E-state index contributed by atoms with van der Waals surface area (Å²) >= 11 is 1.19. The van der Waals surface area contributed by atoms with Crippen LogP contribution in [0.4, 0.5) is 11.4 Å². The Morgan fingerprint density at radius 1 is 1.08 bits per heavy atom. The fourth-order valence-electron chi connectivity index (χ4n) is 5.15. The van der Waals surface area contributed by atoms with Crippen LogP contribution in [0.5, 0.6) is 0 Å². The summed E-state index contributed by atoms with van der Waals surface area (Å²) in [6, 6.07) is 14.6. The molecule has 9 heteroatoms. The van der Waals surface area contributed by atoms with Gasteiger partial charge in [-0.05, 0) is 44.0 Å². The number of amides is 1. The summed E-state index contributed by atoms with van der Waals surface area (Å²) in [4.78, 5) is 50.0. The minimum atomic E-state index is -0.728. The molecule has 0 unspecified atom stereocenters. The highest BCUT2D eigenvalue weighted by atomic mass is 32.1. The van der Waals surface area contributed by atoms with Crippen molar-refractivity contribution in [1.82, 2.24) is 4.57 Å². The van der Waals surface area contributed by atoms with E-state index in [0.29, 0.717) is 32.7 Å². The highest BCUT2D eigenvalue weighted by molar-refractivity contribution is 7.07. The number of anilines is 2. The van der Waals surface area contributed by atoms with Gasteiger partial charge in [0.05, 0.1) is 35.2 Å². The van der Waals surface area contributed by atoms with E-state index < -0.39 is 12.0 Å². The van der Waals surface area contributed by atoms with E-state index >= 15 is 0 Å². The predicted molar refractivity (Wildman–Crippen MR) is 154 cm³/mol. The van der Waals surface area contributed by atoms with Crippen LogP contribution < -0.4 is 24.7 Å². The van der Waals surface area contributed by atoms with Crippen molar-refractivity contribution in [2.24, 2.45) is 4.99 Å². The molecule has 5 rings (SSSR count). The third kappa shape index (κ3) is 4.50. The van der Waals surface area contributed by atoms with Crippen molar-refractivity contribution in [3.63, 3.8) is 0 Å². The summed E-state index contributed by atoms with van der Waals surface area (Å²) in [6.07, 6.45) is 1.81. The van der Waals surface area contributed by atoms with Gasteiger partial charge in [-0.15, -0.1) is 0 Å². The van der Waals surface area contributed by atoms with Crippen LogP contribution in [0, 0.1) is 0 Å². The summed E-state index contributed by atoms with van der Waals surface area (Å²) in [5.41, 5.74) is 4.19. The maximum absolute atomic E-state index is 14.2. The lowest BCUT2D eigenvalue weighted by atomic mass is 9.95. The van der Waals surface area contributed by atoms with Gasteiger partial charge in [0.2, 0.25) is 0 Å². The molecule has 0 fully saturated rings. The Bertz CT molecular complexity index is 1660. The van der Waals surface area contributed by atoms with Gasteiger partial charge in [-0.25, -0.2) is 9.79 Å². The van der Waals surface area contributed by atoms with Crippen LogP contribution in [-0.4, -0.2) is 43.7 Å². The molecule has 0 saturated carbocycles. The minimum Gasteiger partial charge on any atom is -0.463 e. The van der Waals surface area contributed by atoms with E-state index in [9.17, 15) is 14.4 Å². The number of ether oxygens (including phenoxy) is 1. The van der Waals surface area contributed by atoms with Gasteiger partial charge in [0.1, 0.15) is 4.53 Å². The number of aromatic nitrogens is 1. The molecule has 2 aromatic carbocycles. The molecular weight excluding hydrogens is 512 g/mol. The van der Waals surface area contributed by atoms with Gasteiger partial charge in [0, 0.05) is 31.9 Å². The third-order valence-electron chi connectivity index (χ3n) is 7.10. The monoisotopic (exact) mass is 544 g/mol. The fourth-order valence-corrected chi connectivity index (χ4v) is 6.29. The molecule has 0 aliphatic carbocycles. The molecule has 8 nitrogen and oxygen atoms in total. The van der Waals surface area contributed by atoms with E-state index in [1.165, 1.54) is 11.3 Å². The maximum atomic E-state index is 14.2. The van der Waals surface area contributed by atoms with E-state index in [1.807, 2.05) is 67.5 Å². The van der Waals surface area contributed by atoms with Crippen molar-refractivity contribution in [3.05, 3.63) is 90.6 Å². The summed E-state index contributed by atoms with van der Waals surface area (Å²) in [5.74, 6) is -0.686. The highest BCUT2D eigenvalue weighted by Gasteiger charge is 2.37. The molecule has 2 aliphatic rings. The lowest BCUT2D eigenvalue weighted by Crippen LogP contribution is -2.41. The number of rotatable bonds is 7. The number of para-hydroxylation sites is 1. The van der Waals surface area contributed by atoms with Crippen LogP contribution in [-0.2, 0) is 14.3 Å². The minimum absolute atomic E-state index is 0.178. The first-order valence-electron chi connectivity index (χ1n) is 13.2. The number of hydrogen-bond acceptors (Lipinski definition) is 7. The van der Waals surface area contributed by atoms with Crippen LogP contribution in [0.2, 0.25) is 0 Å². The third-order valence-corrected chi connectivity index (χ3v) is 8.16. The van der Waals surface area contributed by atoms with Crippen molar-refractivity contribution < 1.29 is 14.3 Å². The molecule has 1 aromatic heterocycles. The van der Waals surface area contributed by atoms with Crippen LogP contribution in [0.3, 0.4) is 0 Å². The van der Waals surface area contributed by atoms with E-state index in [1.54, 1.807) is 23.3 Å². The van der Waals surface area contributed by atoms with Crippen molar-refractivity contribution in [1.29, 1.82) is 0 Å². The van der Waals surface area contributed by atoms with Gasteiger partial charge < -0.3 is 14.5 Å². The molecule has 0 spiro atoms. The second kappa shape index (κ2) is 10.6. The van der Waals surface area contributed by atoms with Crippen molar-refractivity contribution in [2.75, 3.05) is 37.0 Å². The topological polar surface area (TPSA) is 84.2 Å². The molecule has 0 saturated heterocycles. The molecule has 2 aliphatic heterocycles. The van der Waals surface area contributed by atoms with E-state index in [2.05, 4.69) is 11.9 Å². The largest absolute Gasteiger partial charge is 0.463 e. The number of unbranched alkanes of at least 4 members (excludes halogenated alkanes) is 1. The van der Waals surface area contributed by atoms with Crippen LogP contribution in [0.25, 0.3) is 5.57 Å². The number of thiazole rings is 1. The highest BCUT2D eigenvalue weighted by Crippen LogP contribution is 2.36. The average Bonchev–Trinajstić information content (AvgIpc) is 3.38. The Morgan fingerprint density at radius 3 is 2.46 bits per heavy atom. The number of benzene rings is 2. The molecule has 1 atom stereocenters.